The number of aromatic nitrogens is 1. The lowest BCUT2D eigenvalue weighted by atomic mass is 10.0. The molecule has 0 unspecified atom stereocenters. The van der Waals surface area contributed by atoms with E-state index >= 15 is 0 Å². The van der Waals surface area contributed by atoms with Crippen molar-refractivity contribution in [1.82, 2.24) is 10.3 Å². The molecule has 0 saturated heterocycles. The van der Waals surface area contributed by atoms with Gasteiger partial charge in [0, 0.05) is 23.6 Å². The zero-order valence-electron chi connectivity index (χ0n) is 7.79. The van der Waals surface area contributed by atoms with Gasteiger partial charge in [-0.1, -0.05) is 0 Å². The standard InChI is InChI=1S/C10H14N2S/c1-11-7-8-4-6-13-9-3-2-5-12-10(8)9/h2-3,5,8,11H,4,6-7H2,1H3/t8-/m1/s1. The van der Waals surface area contributed by atoms with Gasteiger partial charge in [0.15, 0.2) is 0 Å². The van der Waals surface area contributed by atoms with E-state index in [9.17, 15) is 0 Å². The lowest BCUT2D eigenvalue weighted by molar-refractivity contribution is 0.583. The first kappa shape index (κ1) is 9.03. The van der Waals surface area contributed by atoms with Gasteiger partial charge in [0.1, 0.15) is 0 Å². The molecule has 1 aromatic rings. The number of fused-ring (bicyclic) bond motifs is 1. The minimum absolute atomic E-state index is 0.613. The average molecular weight is 194 g/mol. The number of pyridine rings is 1. The van der Waals surface area contributed by atoms with Gasteiger partial charge in [-0.25, -0.2) is 0 Å². The number of hydrogen-bond donors (Lipinski definition) is 1. The fourth-order valence-electron chi connectivity index (χ4n) is 1.72. The lowest BCUT2D eigenvalue weighted by Gasteiger charge is -2.23. The molecule has 1 aliphatic rings. The van der Waals surface area contributed by atoms with Gasteiger partial charge < -0.3 is 5.32 Å². The molecule has 2 rings (SSSR count). The van der Waals surface area contributed by atoms with E-state index in [1.165, 1.54) is 22.8 Å². The first-order valence-electron chi connectivity index (χ1n) is 4.64. The van der Waals surface area contributed by atoms with Crippen molar-refractivity contribution in [3.05, 3.63) is 24.0 Å². The Hall–Kier alpha value is -0.540. The third-order valence-corrected chi connectivity index (χ3v) is 3.46. The Kier molecular flexibility index (Phi) is 2.86. The first-order valence-corrected chi connectivity index (χ1v) is 5.62. The second-order valence-corrected chi connectivity index (χ2v) is 4.42. The summed E-state index contributed by atoms with van der Waals surface area (Å²) in [5, 5.41) is 3.23. The zero-order chi connectivity index (χ0) is 9.10. The van der Waals surface area contributed by atoms with E-state index in [-0.39, 0.29) is 0 Å². The maximum Gasteiger partial charge on any atom is 0.0583 e. The number of likely N-dealkylation sites (N-methyl/N-ethyl adjacent to an activating group) is 1. The predicted molar refractivity (Wildman–Crippen MR) is 56.2 cm³/mol. The van der Waals surface area contributed by atoms with E-state index < -0.39 is 0 Å². The predicted octanol–water partition coefficient (Wildman–Crippen LogP) is 1.88. The van der Waals surface area contributed by atoms with Crippen LogP contribution in [0.2, 0.25) is 0 Å². The zero-order valence-corrected chi connectivity index (χ0v) is 8.60. The molecule has 0 bridgehead atoms. The SMILES string of the molecule is CNC[C@H]1CCSc2cccnc21. The molecular weight excluding hydrogens is 180 g/mol. The molecule has 13 heavy (non-hydrogen) atoms. The molecule has 1 atom stereocenters. The molecule has 0 aliphatic carbocycles. The van der Waals surface area contributed by atoms with Crippen LogP contribution in [0.25, 0.3) is 0 Å². The Balaban J connectivity index is 2.26. The Labute approximate surface area is 83.1 Å². The van der Waals surface area contributed by atoms with Crippen molar-refractivity contribution < 1.29 is 0 Å². The Bertz CT molecular complexity index is 288. The summed E-state index contributed by atoms with van der Waals surface area (Å²) < 4.78 is 0. The molecule has 0 amide bonds. The van der Waals surface area contributed by atoms with Gasteiger partial charge in [0.05, 0.1) is 5.69 Å². The van der Waals surface area contributed by atoms with E-state index in [0.29, 0.717) is 5.92 Å². The Morgan fingerprint density at radius 2 is 2.62 bits per heavy atom. The van der Waals surface area contributed by atoms with Crippen LogP contribution >= 0.6 is 11.8 Å². The van der Waals surface area contributed by atoms with Crippen LogP contribution in [0.3, 0.4) is 0 Å². The van der Waals surface area contributed by atoms with E-state index in [2.05, 4.69) is 16.4 Å². The number of nitrogens with zero attached hydrogens (tertiary/aromatic N) is 1. The fraction of sp³-hybridized carbons (Fsp3) is 0.500. The summed E-state index contributed by atoms with van der Waals surface area (Å²) >= 11 is 1.93. The molecule has 0 radical (unpaired) electrons. The fourth-order valence-corrected chi connectivity index (χ4v) is 2.89. The van der Waals surface area contributed by atoms with Crippen molar-refractivity contribution in [3.63, 3.8) is 0 Å². The topological polar surface area (TPSA) is 24.9 Å². The number of hydrogen-bond acceptors (Lipinski definition) is 3. The molecule has 1 aromatic heterocycles. The van der Waals surface area contributed by atoms with Gasteiger partial charge in [-0.05, 0) is 31.4 Å². The largest absolute Gasteiger partial charge is 0.319 e. The monoisotopic (exact) mass is 194 g/mol. The summed E-state index contributed by atoms with van der Waals surface area (Å²) in [4.78, 5) is 5.83. The van der Waals surface area contributed by atoms with Crippen molar-refractivity contribution in [2.45, 2.75) is 17.2 Å². The van der Waals surface area contributed by atoms with Crippen LogP contribution in [0.5, 0.6) is 0 Å². The highest BCUT2D eigenvalue weighted by atomic mass is 32.2. The molecular formula is C10H14N2S. The smallest absolute Gasteiger partial charge is 0.0583 e. The van der Waals surface area contributed by atoms with E-state index in [4.69, 9.17) is 0 Å². The summed E-state index contributed by atoms with van der Waals surface area (Å²) in [7, 11) is 2.00. The van der Waals surface area contributed by atoms with Gasteiger partial charge in [0.2, 0.25) is 0 Å². The molecule has 1 aliphatic heterocycles. The molecule has 0 aromatic carbocycles. The maximum atomic E-state index is 4.46. The molecule has 2 nitrogen and oxygen atoms in total. The van der Waals surface area contributed by atoms with Gasteiger partial charge in [-0.15, -0.1) is 11.8 Å². The van der Waals surface area contributed by atoms with Crippen molar-refractivity contribution in [1.29, 1.82) is 0 Å². The van der Waals surface area contributed by atoms with Gasteiger partial charge in [0.25, 0.3) is 0 Å². The Morgan fingerprint density at radius 1 is 1.69 bits per heavy atom. The number of rotatable bonds is 2. The second-order valence-electron chi connectivity index (χ2n) is 3.28. The van der Waals surface area contributed by atoms with Crippen molar-refractivity contribution >= 4 is 11.8 Å². The Morgan fingerprint density at radius 3 is 3.46 bits per heavy atom. The quantitative estimate of drug-likeness (QED) is 0.778. The minimum Gasteiger partial charge on any atom is -0.319 e. The van der Waals surface area contributed by atoms with Crippen LogP contribution in [0.15, 0.2) is 23.2 Å². The summed E-state index contributed by atoms with van der Waals surface area (Å²) in [6, 6.07) is 4.20. The van der Waals surface area contributed by atoms with E-state index in [0.717, 1.165) is 6.54 Å². The third-order valence-electron chi connectivity index (χ3n) is 2.36. The molecule has 1 N–H and O–H groups in total. The van der Waals surface area contributed by atoms with Crippen LogP contribution in [0.1, 0.15) is 18.0 Å². The second kappa shape index (κ2) is 4.11. The molecule has 0 spiro atoms. The van der Waals surface area contributed by atoms with Crippen molar-refractivity contribution in [2.75, 3.05) is 19.3 Å². The normalized spacial score (nSPS) is 21.2. The number of thioether (sulfide) groups is 1. The molecule has 3 heteroatoms. The van der Waals surface area contributed by atoms with Gasteiger partial charge >= 0.3 is 0 Å². The lowest BCUT2D eigenvalue weighted by Crippen LogP contribution is -2.21. The summed E-state index contributed by atoms with van der Waals surface area (Å²) in [6.07, 6.45) is 3.14. The van der Waals surface area contributed by atoms with Crippen LogP contribution in [0, 0.1) is 0 Å². The van der Waals surface area contributed by atoms with Gasteiger partial charge in [-0.3, -0.25) is 4.98 Å². The third kappa shape index (κ3) is 1.86. The first-order chi connectivity index (χ1) is 6.42. The minimum atomic E-state index is 0.613. The molecule has 0 saturated carbocycles. The maximum absolute atomic E-state index is 4.46. The van der Waals surface area contributed by atoms with E-state index in [1.54, 1.807) is 0 Å². The van der Waals surface area contributed by atoms with Crippen LogP contribution in [-0.4, -0.2) is 24.3 Å². The molecule has 0 fully saturated rings. The summed E-state index contributed by atoms with van der Waals surface area (Å²) in [5.74, 6) is 1.84. The van der Waals surface area contributed by atoms with Crippen LogP contribution in [0.4, 0.5) is 0 Å². The highest BCUT2D eigenvalue weighted by Crippen LogP contribution is 2.35. The van der Waals surface area contributed by atoms with Crippen LogP contribution < -0.4 is 5.32 Å². The number of nitrogens with one attached hydrogen (secondary N) is 1. The van der Waals surface area contributed by atoms with Crippen molar-refractivity contribution in [3.8, 4) is 0 Å². The van der Waals surface area contributed by atoms with E-state index in [1.807, 2.05) is 31.1 Å². The highest BCUT2D eigenvalue weighted by molar-refractivity contribution is 7.99. The highest BCUT2D eigenvalue weighted by Gasteiger charge is 2.20. The average Bonchev–Trinajstić information content (AvgIpc) is 2.19. The van der Waals surface area contributed by atoms with Crippen molar-refractivity contribution in [2.24, 2.45) is 0 Å². The molecule has 70 valence electrons. The summed E-state index contributed by atoms with van der Waals surface area (Å²) in [5.41, 5.74) is 1.29. The van der Waals surface area contributed by atoms with Gasteiger partial charge in [-0.2, -0.15) is 0 Å². The van der Waals surface area contributed by atoms with Crippen LogP contribution in [-0.2, 0) is 0 Å². The molecule has 2 heterocycles. The summed E-state index contributed by atoms with van der Waals surface area (Å²) in [6.45, 7) is 1.05.